The van der Waals surface area contributed by atoms with Crippen LogP contribution in [0.2, 0.25) is 19.6 Å². The smallest absolute Gasteiger partial charge is 1.00 e. The zero-order chi connectivity index (χ0) is 47.0. The maximum absolute atomic E-state index is 13.3. The maximum atomic E-state index is 13.3. The Kier molecular flexibility index (Phi) is 22.4. The molecule has 63 heavy (non-hydrogen) atoms. The first-order valence-electron chi connectivity index (χ1n) is 15.9. The van der Waals surface area contributed by atoms with Crippen molar-refractivity contribution in [2.24, 2.45) is 0 Å². The Hall–Kier alpha value is -2.97. The first-order chi connectivity index (χ1) is 27.6. The minimum atomic E-state index is -6.09. The van der Waals surface area contributed by atoms with Gasteiger partial charge in [0, 0.05) is 45.3 Å². The minimum Gasteiger partial charge on any atom is -1.00 e. The predicted octanol–water partition coefficient (Wildman–Crippen LogP) is 8.52. The van der Waals surface area contributed by atoms with E-state index < -0.39 is 96.0 Å². The van der Waals surface area contributed by atoms with Crippen LogP contribution in [0.25, 0.3) is 21.1 Å². The average molecular weight is 1090 g/mol. The fourth-order valence-electron chi connectivity index (χ4n) is 4.11. The van der Waals surface area contributed by atoms with E-state index in [4.69, 9.17) is 13.0 Å². The SMILES string of the molecule is C[Si](C)(C)OS(=O)(=O)C(F)(F)F.Fc1cc[c-]cc1C(F)(F)F.Fc1ccc(-[s+]2ccc3ccccc32)cc1C(F)(F)F.O=S(=O)([O-])C(F)(F)F.O=S1C=Cc2ccccc21.[Br-].[Mg+2]. The topological polar surface area (TPSA) is 118 Å². The molecule has 4 aromatic carbocycles. The summed E-state index contributed by atoms with van der Waals surface area (Å²) in [4.78, 5) is 1.41. The van der Waals surface area contributed by atoms with Crippen LogP contribution in [0.4, 0.5) is 61.5 Å². The van der Waals surface area contributed by atoms with Crippen molar-refractivity contribution in [2.75, 3.05) is 0 Å². The summed E-state index contributed by atoms with van der Waals surface area (Å²) in [5, 5.41) is 4.57. The van der Waals surface area contributed by atoms with Crippen LogP contribution in [0.3, 0.4) is 0 Å². The molecule has 0 saturated heterocycles. The van der Waals surface area contributed by atoms with Crippen molar-refractivity contribution in [1.29, 1.82) is 0 Å². The van der Waals surface area contributed by atoms with Crippen molar-refractivity contribution in [3.05, 3.63) is 136 Å². The molecule has 6 rings (SSSR count). The molecule has 5 aromatic rings. The second kappa shape index (κ2) is 23.5. The van der Waals surface area contributed by atoms with Crippen molar-refractivity contribution in [3.8, 4) is 4.90 Å². The van der Waals surface area contributed by atoms with Crippen LogP contribution in [0.5, 0.6) is 0 Å². The van der Waals surface area contributed by atoms with Crippen LogP contribution in [0.15, 0.2) is 107 Å². The summed E-state index contributed by atoms with van der Waals surface area (Å²) >= 11 is 0. The molecule has 1 aromatic heterocycles. The van der Waals surface area contributed by atoms with Crippen molar-refractivity contribution >= 4 is 89.0 Å². The zero-order valence-corrected chi connectivity index (χ0v) is 39.0. The van der Waals surface area contributed by atoms with E-state index in [1.54, 1.807) is 5.41 Å². The third-order valence-corrected chi connectivity index (χ3v) is 13.8. The van der Waals surface area contributed by atoms with Crippen LogP contribution in [0, 0.1) is 17.7 Å². The molecule has 28 heteroatoms. The number of thiophene rings is 1. The largest absolute Gasteiger partial charge is 2.00 e. The van der Waals surface area contributed by atoms with Crippen LogP contribution in [-0.2, 0) is 47.3 Å². The molecule has 2 atom stereocenters. The molecular weight excluding hydrogens is 1060 g/mol. The van der Waals surface area contributed by atoms with Gasteiger partial charge >= 0.3 is 56.5 Å². The van der Waals surface area contributed by atoms with Crippen LogP contribution in [0.1, 0.15) is 16.7 Å². The summed E-state index contributed by atoms with van der Waals surface area (Å²) < 4.78 is 230. The van der Waals surface area contributed by atoms with Crippen molar-refractivity contribution < 1.29 is 108 Å². The van der Waals surface area contributed by atoms with Gasteiger partial charge in [0.1, 0.15) is 11.2 Å². The number of hydrogen-bond donors (Lipinski definition) is 0. The standard InChI is InChI=1S/C15H9F4S.C8H6OS.C7H3F4.C4H9F3O3SSi.CHF3O3S.BrH.Mg/c16-13-6-5-11(9-12(13)15(17,18)19)20-8-7-10-3-1-2-4-14(10)20;9-10-6-5-7-3-1-2-4-8(7)10;8-6-4-2-1-3-5(6)7(9,10)11;1-12(2,3)10-11(8,9)4(5,6)7;2-1(3,4)8(5,6)7;;/h1-9H;1-6H;2-4H;1-3H3;(H,5,6,7);1H;/q+1;;-1;;;;+2/p-2. The first-order valence-corrected chi connectivity index (χ1v) is 24.6. The summed E-state index contributed by atoms with van der Waals surface area (Å²) in [6.45, 7) is 4.07. The average Bonchev–Trinajstić information content (AvgIpc) is 3.70. The molecule has 7 nitrogen and oxygen atoms in total. The van der Waals surface area contributed by atoms with E-state index >= 15 is 0 Å². The number of benzene rings is 4. The molecule has 1 aliphatic heterocycles. The third kappa shape index (κ3) is 18.8. The Balaban J connectivity index is 0.000000790. The first kappa shape index (κ1) is 60.0. The van der Waals surface area contributed by atoms with Gasteiger partial charge in [-0.15, -0.1) is 6.07 Å². The molecule has 0 radical (unpaired) electrons. The van der Waals surface area contributed by atoms with Gasteiger partial charge in [0.15, 0.2) is 19.7 Å². The van der Waals surface area contributed by atoms with E-state index in [9.17, 15) is 74.1 Å². The van der Waals surface area contributed by atoms with Gasteiger partial charge in [0.25, 0.3) is 0 Å². The molecule has 344 valence electrons. The quantitative estimate of drug-likeness (QED) is 0.0444. The summed E-state index contributed by atoms with van der Waals surface area (Å²) in [7, 11) is -15.6. The Labute approximate surface area is 383 Å². The van der Waals surface area contributed by atoms with Gasteiger partial charge in [-0.1, -0.05) is 30.3 Å². The van der Waals surface area contributed by atoms with Gasteiger partial charge in [-0.2, -0.15) is 79.3 Å². The molecule has 0 spiro atoms. The van der Waals surface area contributed by atoms with Crippen molar-refractivity contribution in [1.82, 2.24) is 0 Å². The molecule has 2 heterocycles. The Morgan fingerprint density at radius 2 is 1.22 bits per heavy atom. The van der Waals surface area contributed by atoms with Crippen LogP contribution >= 0.6 is 10.5 Å². The molecule has 2 unspecified atom stereocenters. The summed E-state index contributed by atoms with van der Waals surface area (Å²) in [5.41, 5.74) is -12.4. The fourth-order valence-corrected chi connectivity index (χ4v) is 10.0. The molecular formula is C35H27BrF14MgO7S4Si. The Morgan fingerprint density at radius 1 is 0.714 bits per heavy atom. The van der Waals surface area contributed by atoms with Crippen molar-refractivity contribution in [2.45, 2.75) is 47.9 Å². The number of alkyl halides is 12. The zero-order valence-electron chi connectivity index (χ0n) is 31.8. The third-order valence-electron chi connectivity index (χ3n) is 6.59. The maximum Gasteiger partial charge on any atom is 2.00 e. The molecule has 0 bridgehead atoms. The predicted molar refractivity (Wildman–Crippen MR) is 206 cm³/mol. The molecule has 0 fully saturated rings. The van der Waals surface area contributed by atoms with E-state index in [2.05, 4.69) is 9.94 Å². The molecule has 0 amide bonds. The normalized spacial score (nSPS) is 14.1. The van der Waals surface area contributed by atoms with Crippen LogP contribution in [-0.4, -0.2) is 68.0 Å². The van der Waals surface area contributed by atoms with Gasteiger partial charge in [-0.05, 0) is 61.1 Å². The summed E-state index contributed by atoms with van der Waals surface area (Å²) in [6, 6.07) is 24.9. The number of halogens is 15. The van der Waals surface area contributed by atoms with E-state index in [0.717, 1.165) is 44.8 Å². The van der Waals surface area contributed by atoms with E-state index in [1.165, 1.54) is 25.7 Å². The van der Waals surface area contributed by atoms with Crippen molar-refractivity contribution in [3.63, 3.8) is 0 Å². The molecule has 0 aliphatic carbocycles. The minimum absolute atomic E-state index is 0. The number of hydrogen-bond acceptors (Lipinski definition) is 7. The molecule has 1 aliphatic rings. The second-order valence-electron chi connectivity index (χ2n) is 12.4. The van der Waals surface area contributed by atoms with Gasteiger partial charge < -0.3 is 25.4 Å². The van der Waals surface area contributed by atoms with E-state index in [1.807, 2.05) is 66.1 Å². The molecule has 0 saturated carbocycles. The van der Waals surface area contributed by atoms with Gasteiger partial charge in [-0.25, -0.2) is 21.4 Å². The summed E-state index contributed by atoms with van der Waals surface area (Å²) in [5.74, 6) is -2.50. The van der Waals surface area contributed by atoms with E-state index in [0.29, 0.717) is 11.0 Å². The fraction of sp³-hybridized carbons (Fsp3) is 0.200. The summed E-state index contributed by atoms with van der Waals surface area (Å²) in [6.07, 6.45) is -7.40. The number of fused-ring (bicyclic) bond motifs is 2. The Bertz CT molecular complexity index is 2560. The monoisotopic (exact) mass is 1080 g/mol. The second-order valence-corrected chi connectivity index (χ2v) is 23.2. The van der Waals surface area contributed by atoms with Gasteiger partial charge in [-0.3, -0.25) is 0 Å². The van der Waals surface area contributed by atoms with Crippen LogP contribution < -0.4 is 17.0 Å². The number of rotatable bonds is 3. The van der Waals surface area contributed by atoms with Gasteiger partial charge in [0.05, 0.1) is 21.3 Å². The Morgan fingerprint density at radius 3 is 1.67 bits per heavy atom. The van der Waals surface area contributed by atoms with Gasteiger partial charge in [0.2, 0.25) is 8.32 Å². The van der Waals surface area contributed by atoms with E-state index in [-0.39, 0.29) is 40.0 Å². The molecule has 0 N–H and O–H groups in total.